The van der Waals surface area contributed by atoms with Crippen molar-refractivity contribution in [1.29, 1.82) is 0 Å². The number of nitrogens with one attached hydrogen (secondary N) is 1. The molecule has 2 rings (SSSR count). The highest BCUT2D eigenvalue weighted by atomic mass is 16.5. The molecule has 4 heteroatoms. The van der Waals surface area contributed by atoms with Crippen molar-refractivity contribution >= 4 is 0 Å². The molecule has 1 aromatic heterocycles. The number of nitrogens with zero attached hydrogens (tertiary/aromatic N) is 2. The van der Waals surface area contributed by atoms with Crippen LogP contribution in [0.4, 0.5) is 0 Å². The van der Waals surface area contributed by atoms with Gasteiger partial charge in [-0.3, -0.25) is 0 Å². The van der Waals surface area contributed by atoms with E-state index >= 15 is 0 Å². The van der Waals surface area contributed by atoms with Crippen molar-refractivity contribution < 1.29 is 4.74 Å². The Morgan fingerprint density at radius 2 is 2.40 bits per heavy atom. The zero-order chi connectivity index (χ0) is 14.2. The predicted molar refractivity (Wildman–Crippen MR) is 81.8 cm³/mol. The lowest BCUT2D eigenvalue weighted by Gasteiger charge is -2.20. The van der Waals surface area contributed by atoms with Gasteiger partial charge in [0.05, 0.1) is 6.10 Å². The van der Waals surface area contributed by atoms with Crippen molar-refractivity contribution in [3.05, 3.63) is 18.2 Å². The first-order chi connectivity index (χ1) is 9.79. The number of rotatable bonds is 9. The monoisotopic (exact) mass is 279 g/mol. The van der Waals surface area contributed by atoms with Gasteiger partial charge in [0.15, 0.2) is 0 Å². The van der Waals surface area contributed by atoms with Gasteiger partial charge < -0.3 is 14.6 Å². The van der Waals surface area contributed by atoms with Crippen LogP contribution in [0.2, 0.25) is 0 Å². The molecule has 1 fully saturated rings. The van der Waals surface area contributed by atoms with E-state index in [4.69, 9.17) is 4.74 Å². The molecule has 1 saturated heterocycles. The summed E-state index contributed by atoms with van der Waals surface area (Å²) in [5.74, 6) is 1.19. The third-order valence-electron chi connectivity index (χ3n) is 4.18. The van der Waals surface area contributed by atoms with Crippen LogP contribution in [0.15, 0.2) is 12.4 Å². The maximum atomic E-state index is 5.73. The topological polar surface area (TPSA) is 39.1 Å². The molecule has 0 aliphatic carbocycles. The van der Waals surface area contributed by atoms with Gasteiger partial charge >= 0.3 is 0 Å². The molecule has 0 aromatic carbocycles. The number of aromatic nitrogens is 2. The molecule has 2 unspecified atom stereocenters. The number of ether oxygens (including phenoxy) is 1. The first-order valence-corrected chi connectivity index (χ1v) is 8.10. The van der Waals surface area contributed by atoms with E-state index < -0.39 is 0 Å². The van der Waals surface area contributed by atoms with Crippen molar-refractivity contribution in [1.82, 2.24) is 14.9 Å². The summed E-state index contributed by atoms with van der Waals surface area (Å²) in [6.45, 7) is 4.30. The van der Waals surface area contributed by atoms with Gasteiger partial charge in [0.1, 0.15) is 5.82 Å². The Hall–Kier alpha value is -0.870. The van der Waals surface area contributed by atoms with E-state index in [1.165, 1.54) is 37.9 Å². The Labute approximate surface area is 122 Å². The lowest BCUT2D eigenvalue weighted by Crippen LogP contribution is -2.31. The van der Waals surface area contributed by atoms with Gasteiger partial charge in [0, 0.05) is 38.5 Å². The Bertz CT molecular complexity index is 372. The van der Waals surface area contributed by atoms with Crippen LogP contribution in [0.25, 0.3) is 0 Å². The molecule has 4 nitrogen and oxygen atoms in total. The standard InChI is InChI=1S/C16H29N3O/c1-3-10-17-14(6-8-15-5-4-13-20-15)7-9-16-18-11-12-19(16)2/h11-12,14-15,17H,3-10,13H2,1-2H3. The summed E-state index contributed by atoms with van der Waals surface area (Å²) in [7, 11) is 2.07. The quantitative estimate of drug-likeness (QED) is 0.755. The van der Waals surface area contributed by atoms with Gasteiger partial charge in [0.25, 0.3) is 0 Å². The molecule has 0 spiro atoms. The maximum Gasteiger partial charge on any atom is 0.108 e. The van der Waals surface area contributed by atoms with Crippen LogP contribution < -0.4 is 5.32 Å². The normalized spacial score (nSPS) is 20.4. The second kappa shape index (κ2) is 8.42. The Morgan fingerprint density at radius 1 is 1.50 bits per heavy atom. The maximum absolute atomic E-state index is 5.73. The molecular formula is C16H29N3O. The fourth-order valence-corrected chi connectivity index (χ4v) is 2.90. The zero-order valence-corrected chi connectivity index (χ0v) is 13.0. The molecule has 1 aliphatic rings. The van der Waals surface area contributed by atoms with E-state index in [2.05, 4.69) is 28.8 Å². The minimum Gasteiger partial charge on any atom is -0.378 e. The van der Waals surface area contributed by atoms with Crippen molar-refractivity contribution in [3.63, 3.8) is 0 Å². The largest absolute Gasteiger partial charge is 0.378 e. The lowest BCUT2D eigenvalue weighted by atomic mass is 10.0. The van der Waals surface area contributed by atoms with Gasteiger partial charge in [-0.05, 0) is 45.1 Å². The van der Waals surface area contributed by atoms with Crippen LogP contribution in [0.3, 0.4) is 0 Å². The summed E-state index contributed by atoms with van der Waals surface area (Å²) < 4.78 is 7.86. The highest BCUT2D eigenvalue weighted by molar-refractivity contribution is 4.92. The molecule has 20 heavy (non-hydrogen) atoms. The van der Waals surface area contributed by atoms with E-state index in [1.807, 2.05) is 12.4 Å². The number of aryl methyl sites for hydroxylation is 2. The molecule has 1 aliphatic heterocycles. The molecule has 2 heterocycles. The van der Waals surface area contributed by atoms with E-state index in [-0.39, 0.29) is 0 Å². The Balaban J connectivity index is 1.75. The first kappa shape index (κ1) is 15.5. The third kappa shape index (κ3) is 4.91. The summed E-state index contributed by atoms with van der Waals surface area (Å²) in [4.78, 5) is 4.42. The van der Waals surface area contributed by atoms with Crippen molar-refractivity contribution in [2.75, 3.05) is 13.2 Å². The van der Waals surface area contributed by atoms with Gasteiger partial charge in [0.2, 0.25) is 0 Å². The molecule has 114 valence electrons. The number of imidazole rings is 1. The molecule has 1 N–H and O–H groups in total. The number of hydrogen-bond donors (Lipinski definition) is 1. The summed E-state index contributed by atoms with van der Waals surface area (Å²) in [5.41, 5.74) is 0. The second-order valence-corrected chi connectivity index (χ2v) is 5.86. The van der Waals surface area contributed by atoms with E-state index in [0.29, 0.717) is 12.1 Å². The summed E-state index contributed by atoms with van der Waals surface area (Å²) >= 11 is 0. The molecule has 1 aromatic rings. The van der Waals surface area contributed by atoms with Gasteiger partial charge in [-0.1, -0.05) is 6.92 Å². The van der Waals surface area contributed by atoms with Gasteiger partial charge in [-0.2, -0.15) is 0 Å². The highest BCUT2D eigenvalue weighted by Gasteiger charge is 2.18. The van der Waals surface area contributed by atoms with Crippen molar-refractivity contribution in [3.8, 4) is 0 Å². The molecular weight excluding hydrogens is 250 g/mol. The summed E-state index contributed by atoms with van der Waals surface area (Å²) in [6.07, 6.45) is 12.7. The van der Waals surface area contributed by atoms with E-state index in [0.717, 1.165) is 26.0 Å². The minimum atomic E-state index is 0.508. The molecule has 0 amide bonds. The molecule has 2 atom stereocenters. The van der Waals surface area contributed by atoms with E-state index in [9.17, 15) is 0 Å². The van der Waals surface area contributed by atoms with Crippen LogP contribution in [0, 0.1) is 0 Å². The lowest BCUT2D eigenvalue weighted by molar-refractivity contribution is 0.0992. The predicted octanol–water partition coefficient (Wildman–Crippen LogP) is 2.68. The first-order valence-electron chi connectivity index (χ1n) is 8.10. The van der Waals surface area contributed by atoms with Crippen LogP contribution in [-0.2, 0) is 18.2 Å². The Kier molecular flexibility index (Phi) is 6.54. The average molecular weight is 279 g/mol. The fraction of sp³-hybridized carbons (Fsp3) is 0.812. The fourth-order valence-electron chi connectivity index (χ4n) is 2.90. The smallest absolute Gasteiger partial charge is 0.108 e. The van der Waals surface area contributed by atoms with E-state index in [1.54, 1.807) is 0 Å². The SMILES string of the molecule is CCCNC(CCc1nccn1C)CCC1CCCO1. The van der Waals surface area contributed by atoms with Crippen molar-refractivity contribution in [2.24, 2.45) is 7.05 Å². The zero-order valence-electron chi connectivity index (χ0n) is 13.0. The number of hydrogen-bond acceptors (Lipinski definition) is 3. The van der Waals surface area contributed by atoms with Gasteiger partial charge in [-0.25, -0.2) is 4.98 Å². The van der Waals surface area contributed by atoms with Crippen LogP contribution in [-0.4, -0.2) is 34.8 Å². The van der Waals surface area contributed by atoms with Crippen molar-refractivity contribution in [2.45, 2.75) is 64.0 Å². The van der Waals surface area contributed by atoms with Crippen LogP contribution in [0.1, 0.15) is 51.3 Å². The third-order valence-corrected chi connectivity index (χ3v) is 4.18. The summed E-state index contributed by atoms with van der Waals surface area (Å²) in [5, 5.41) is 3.68. The average Bonchev–Trinajstić information content (AvgIpc) is 3.10. The Morgan fingerprint density at radius 3 is 3.05 bits per heavy atom. The van der Waals surface area contributed by atoms with Crippen LogP contribution in [0.5, 0.6) is 0 Å². The minimum absolute atomic E-state index is 0.508. The molecule has 0 saturated carbocycles. The molecule has 0 radical (unpaired) electrons. The van der Waals surface area contributed by atoms with Crippen LogP contribution >= 0.6 is 0 Å². The highest BCUT2D eigenvalue weighted by Crippen LogP contribution is 2.19. The summed E-state index contributed by atoms with van der Waals surface area (Å²) in [6, 6.07) is 0.593. The molecule has 0 bridgehead atoms. The van der Waals surface area contributed by atoms with Gasteiger partial charge in [-0.15, -0.1) is 0 Å². The second-order valence-electron chi connectivity index (χ2n) is 5.86.